The number of halogens is 1. The van der Waals surface area contributed by atoms with Crippen LogP contribution in [0.3, 0.4) is 0 Å². The molecular weight excluding hydrogens is 269 g/mol. The van der Waals surface area contributed by atoms with E-state index in [0.29, 0.717) is 17.4 Å². The van der Waals surface area contributed by atoms with Crippen molar-refractivity contribution in [3.63, 3.8) is 0 Å². The van der Waals surface area contributed by atoms with E-state index in [4.69, 9.17) is 5.11 Å². The third-order valence-electron chi connectivity index (χ3n) is 4.08. The van der Waals surface area contributed by atoms with Crippen LogP contribution < -0.4 is 5.32 Å². The van der Waals surface area contributed by atoms with Crippen LogP contribution in [0.4, 0.5) is 4.39 Å². The van der Waals surface area contributed by atoms with Crippen molar-refractivity contribution in [3.05, 3.63) is 35.1 Å². The summed E-state index contributed by atoms with van der Waals surface area (Å²) in [5.41, 5.74) is 0.523. The van der Waals surface area contributed by atoms with Gasteiger partial charge in [0.2, 0.25) is 0 Å². The standard InChI is InChI=1S/C17H18FNO2/c18-15-10-11(2-1-9-20)3-8-14(15)17(21)19-16(12-4-5-12)13-6-7-13/h3,8,10,12-13,16,20H,4-7,9H2,(H,19,21). The van der Waals surface area contributed by atoms with Gasteiger partial charge >= 0.3 is 0 Å². The van der Waals surface area contributed by atoms with Crippen molar-refractivity contribution in [1.82, 2.24) is 5.32 Å². The minimum atomic E-state index is -0.567. The number of nitrogens with one attached hydrogen (secondary N) is 1. The van der Waals surface area contributed by atoms with Crippen LogP contribution in [0.15, 0.2) is 18.2 Å². The average Bonchev–Trinajstić information content (AvgIpc) is 3.35. The Bertz CT molecular complexity index is 597. The fourth-order valence-electron chi connectivity index (χ4n) is 2.68. The number of hydrogen-bond acceptors (Lipinski definition) is 2. The highest BCUT2D eigenvalue weighted by Crippen LogP contribution is 2.44. The first kappa shape index (κ1) is 14.1. The van der Waals surface area contributed by atoms with Gasteiger partial charge in [-0.3, -0.25) is 4.79 Å². The number of aliphatic hydroxyl groups excluding tert-OH is 1. The van der Waals surface area contributed by atoms with Gasteiger partial charge in [-0.2, -0.15) is 0 Å². The van der Waals surface area contributed by atoms with Gasteiger partial charge < -0.3 is 10.4 Å². The van der Waals surface area contributed by atoms with Crippen molar-refractivity contribution >= 4 is 5.91 Å². The molecule has 0 bridgehead atoms. The highest BCUT2D eigenvalue weighted by molar-refractivity contribution is 5.94. The lowest BCUT2D eigenvalue weighted by Gasteiger charge is -2.17. The molecule has 0 saturated heterocycles. The van der Waals surface area contributed by atoms with E-state index in [1.807, 2.05) is 0 Å². The second-order valence-electron chi connectivity index (χ2n) is 5.83. The van der Waals surface area contributed by atoms with Gasteiger partial charge in [-0.05, 0) is 55.7 Å². The lowest BCUT2D eigenvalue weighted by atomic mass is 10.1. The monoisotopic (exact) mass is 287 g/mol. The molecule has 0 radical (unpaired) electrons. The number of rotatable bonds is 4. The van der Waals surface area contributed by atoms with E-state index < -0.39 is 5.82 Å². The molecule has 2 aliphatic rings. The van der Waals surface area contributed by atoms with Gasteiger partial charge in [-0.1, -0.05) is 11.8 Å². The zero-order valence-electron chi connectivity index (χ0n) is 11.7. The summed E-state index contributed by atoms with van der Waals surface area (Å²) in [5.74, 6) is 5.35. The predicted octanol–water partition coefficient (Wildman–Crippen LogP) is 2.09. The summed E-state index contributed by atoms with van der Waals surface area (Å²) in [7, 11) is 0. The SMILES string of the molecule is O=C(NC(C1CC1)C1CC1)c1ccc(C#CCO)cc1F. The van der Waals surface area contributed by atoms with Gasteiger partial charge in [0.1, 0.15) is 12.4 Å². The highest BCUT2D eigenvalue weighted by Gasteiger charge is 2.42. The van der Waals surface area contributed by atoms with Crippen molar-refractivity contribution in [2.24, 2.45) is 11.8 Å². The third kappa shape index (κ3) is 3.43. The summed E-state index contributed by atoms with van der Waals surface area (Å²) < 4.78 is 14.0. The van der Waals surface area contributed by atoms with Crippen molar-refractivity contribution in [1.29, 1.82) is 0 Å². The van der Waals surface area contributed by atoms with Gasteiger partial charge in [0, 0.05) is 11.6 Å². The Labute approximate surface area is 123 Å². The Kier molecular flexibility index (Phi) is 3.94. The number of carbonyl (C=O) groups is 1. The number of hydrogen-bond donors (Lipinski definition) is 2. The largest absolute Gasteiger partial charge is 0.384 e. The van der Waals surface area contributed by atoms with Crippen LogP contribution in [-0.2, 0) is 0 Å². The molecule has 2 saturated carbocycles. The van der Waals surface area contributed by atoms with Crippen LogP contribution in [0.5, 0.6) is 0 Å². The maximum atomic E-state index is 14.0. The lowest BCUT2D eigenvalue weighted by Crippen LogP contribution is -2.38. The predicted molar refractivity (Wildman–Crippen MR) is 77.1 cm³/mol. The highest BCUT2D eigenvalue weighted by atomic mass is 19.1. The first-order valence-corrected chi connectivity index (χ1v) is 7.39. The second-order valence-corrected chi connectivity index (χ2v) is 5.83. The molecule has 3 nitrogen and oxygen atoms in total. The Balaban J connectivity index is 1.71. The Morgan fingerprint density at radius 3 is 2.52 bits per heavy atom. The average molecular weight is 287 g/mol. The Morgan fingerprint density at radius 1 is 1.33 bits per heavy atom. The van der Waals surface area contributed by atoms with Gasteiger partial charge in [-0.15, -0.1) is 0 Å². The zero-order chi connectivity index (χ0) is 14.8. The molecule has 21 heavy (non-hydrogen) atoms. The van der Waals surface area contributed by atoms with E-state index in [2.05, 4.69) is 17.2 Å². The molecule has 2 fully saturated rings. The maximum absolute atomic E-state index is 14.0. The van der Waals surface area contributed by atoms with Gasteiger partial charge in [0.15, 0.2) is 0 Å². The maximum Gasteiger partial charge on any atom is 0.254 e. The molecule has 0 spiro atoms. The first-order valence-electron chi connectivity index (χ1n) is 7.39. The third-order valence-corrected chi connectivity index (χ3v) is 4.08. The summed E-state index contributed by atoms with van der Waals surface area (Å²) in [6.45, 7) is -0.270. The lowest BCUT2D eigenvalue weighted by molar-refractivity contribution is 0.0922. The number of carbonyl (C=O) groups excluding carboxylic acids is 1. The fourth-order valence-corrected chi connectivity index (χ4v) is 2.68. The minimum absolute atomic E-state index is 0.0656. The van der Waals surface area contributed by atoms with E-state index in [1.165, 1.54) is 37.8 Å². The van der Waals surface area contributed by atoms with E-state index in [9.17, 15) is 9.18 Å². The van der Waals surface area contributed by atoms with E-state index in [0.717, 1.165) is 0 Å². The topological polar surface area (TPSA) is 49.3 Å². The van der Waals surface area contributed by atoms with Gasteiger partial charge in [-0.25, -0.2) is 4.39 Å². The molecular formula is C17H18FNO2. The van der Waals surface area contributed by atoms with Crippen molar-refractivity contribution in [3.8, 4) is 11.8 Å². The molecule has 110 valence electrons. The van der Waals surface area contributed by atoms with Crippen molar-refractivity contribution < 1.29 is 14.3 Å². The number of aliphatic hydroxyl groups is 1. The molecule has 0 aromatic heterocycles. The normalized spacial score (nSPS) is 17.3. The Morgan fingerprint density at radius 2 is 2.00 bits per heavy atom. The summed E-state index contributed by atoms with van der Waals surface area (Å²) in [4.78, 5) is 12.2. The summed E-state index contributed by atoms with van der Waals surface area (Å²) in [6, 6.07) is 4.51. The first-order chi connectivity index (χ1) is 10.2. The number of benzene rings is 1. The second kappa shape index (κ2) is 5.87. The van der Waals surface area contributed by atoms with E-state index in [1.54, 1.807) is 6.07 Å². The molecule has 2 N–H and O–H groups in total. The quantitative estimate of drug-likeness (QED) is 0.833. The molecule has 1 aromatic carbocycles. The molecule has 1 aromatic rings. The molecule has 4 heteroatoms. The van der Waals surface area contributed by atoms with Crippen LogP contribution in [0.2, 0.25) is 0 Å². The zero-order valence-corrected chi connectivity index (χ0v) is 11.7. The molecule has 0 aliphatic heterocycles. The van der Waals surface area contributed by atoms with Crippen LogP contribution in [0, 0.1) is 29.5 Å². The number of amides is 1. The van der Waals surface area contributed by atoms with Gasteiger partial charge in [0.25, 0.3) is 5.91 Å². The Hall–Kier alpha value is -1.86. The van der Waals surface area contributed by atoms with Crippen molar-refractivity contribution in [2.45, 2.75) is 31.7 Å². The van der Waals surface area contributed by atoms with E-state index >= 15 is 0 Å². The van der Waals surface area contributed by atoms with Crippen molar-refractivity contribution in [2.75, 3.05) is 6.61 Å². The van der Waals surface area contributed by atoms with E-state index in [-0.39, 0.29) is 24.1 Å². The van der Waals surface area contributed by atoms with Crippen LogP contribution in [-0.4, -0.2) is 23.7 Å². The van der Waals surface area contributed by atoms with Crippen LogP contribution in [0.25, 0.3) is 0 Å². The molecule has 0 unspecified atom stereocenters. The molecule has 2 aliphatic carbocycles. The van der Waals surface area contributed by atoms with Gasteiger partial charge in [0.05, 0.1) is 5.56 Å². The summed E-state index contributed by atoms with van der Waals surface area (Å²) >= 11 is 0. The molecule has 3 rings (SSSR count). The molecule has 1 amide bonds. The molecule has 0 atom stereocenters. The fraction of sp³-hybridized carbons (Fsp3) is 0.471. The summed E-state index contributed by atoms with van der Waals surface area (Å²) in [5, 5.41) is 11.6. The minimum Gasteiger partial charge on any atom is -0.384 e. The van der Waals surface area contributed by atoms with Crippen LogP contribution in [0.1, 0.15) is 41.6 Å². The van der Waals surface area contributed by atoms with Crippen LogP contribution >= 0.6 is 0 Å². The molecule has 0 heterocycles. The summed E-state index contributed by atoms with van der Waals surface area (Å²) in [6.07, 6.45) is 4.67. The smallest absolute Gasteiger partial charge is 0.254 e.